The maximum atomic E-state index is 13.2. The number of esters is 2. The molecule has 8 nitrogen and oxygen atoms in total. The highest BCUT2D eigenvalue weighted by molar-refractivity contribution is 6.12. The Labute approximate surface area is 298 Å². The standard InChI is InChI=1S/C42H56N2O6/c1-3-5-7-9-11-13-15-21-31-49-41(47)37-25-19-17-23-35(37)39(45)43-33-27-29-34(30-28-33)44-40(46)36-24-18-20-26-38(36)42(48)50-32-22-16-14-12-10-8-6-4-2/h17-20,23-30H,3-16,21-22,31-32H2,1-2H3,(H,43,45)(H,44,46). The summed E-state index contributed by atoms with van der Waals surface area (Å²) in [5, 5.41) is 5.63. The molecule has 0 saturated carbocycles. The largest absolute Gasteiger partial charge is 0.462 e. The molecule has 0 aliphatic heterocycles. The number of rotatable bonds is 24. The minimum atomic E-state index is -0.519. The van der Waals surface area contributed by atoms with Crippen LogP contribution in [0.2, 0.25) is 0 Å². The van der Waals surface area contributed by atoms with Crippen molar-refractivity contribution < 1.29 is 28.7 Å². The van der Waals surface area contributed by atoms with E-state index in [0.29, 0.717) is 24.6 Å². The van der Waals surface area contributed by atoms with Gasteiger partial charge in [-0.1, -0.05) is 128 Å². The van der Waals surface area contributed by atoms with Crippen molar-refractivity contribution in [2.45, 2.75) is 117 Å². The summed E-state index contributed by atoms with van der Waals surface area (Å²) in [5.41, 5.74) is 1.83. The van der Waals surface area contributed by atoms with Gasteiger partial charge in [0.15, 0.2) is 0 Å². The average molecular weight is 685 g/mol. The number of ether oxygens (including phenoxy) is 2. The van der Waals surface area contributed by atoms with Crippen LogP contribution in [-0.4, -0.2) is 37.0 Å². The molecule has 2 N–H and O–H groups in total. The predicted octanol–water partition coefficient (Wildman–Crippen LogP) is 10.8. The zero-order valence-corrected chi connectivity index (χ0v) is 30.1. The van der Waals surface area contributed by atoms with Gasteiger partial charge in [-0.05, 0) is 61.4 Å². The lowest BCUT2D eigenvalue weighted by Crippen LogP contribution is -2.18. The van der Waals surface area contributed by atoms with Crippen LogP contribution in [0.1, 0.15) is 158 Å². The molecule has 0 heterocycles. The highest BCUT2D eigenvalue weighted by Gasteiger charge is 2.20. The molecule has 2 amide bonds. The highest BCUT2D eigenvalue weighted by atomic mass is 16.5. The molecule has 0 aromatic heterocycles. The number of anilines is 2. The molecule has 50 heavy (non-hydrogen) atoms. The molecule has 3 aromatic carbocycles. The van der Waals surface area contributed by atoms with Crippen LogP contribution < -0.4 is 10.6 Å². The number of hydrogen-bond donors (Lipinski definition) is 2. The molecule has 8 heteroatoms. The highest BCUT2D eigenvalue weighted by Crippen LogP contribution is 2.20. The first kappa shape index (κ1) is 40.0. The Kier molecular flexibility index (Phi) is 19.0. The number of amides is 2. The fourth-order valence-corrected chi connectivity index (χ4v) is 5.71. The van der Waals surface area contributed by atoms with Crippen LogP contribution in [0, 0.1) is 0 Å². The summed E-state index contributed by atoms with van der Waals surface area (Å²) in [6, 6.07) is 19.8. The van der Waals surface area contributed by atoms with Crippen molar-refractivity contribution in [2.75, 3.05) is 23.8 Å². The lowest BCUT2D eigenvalue weighted by molar-refractivity contribution is 0.0486. The van der Waals surface area contributed by atoms with Gasteiger partial charge in [0, 0.05) is 11.4 Å². The van der Waals surface area contributed by atoms with E-state index in [1.807, 2.05) is 0 Å². The summed E-state index contributed by atoms with van der Waals surface area (Å²) in [4.78, 5) is 51.9. The van der Waals surface area contributed by atoms with Gasteiger partial charge in [-0.3, -0.25) is 9.59 Å². The SMILES string of the molecule is CCCCCCCCCCOC(=O)c1ccccc1C(=O)Nc1ccc(NC(=O)c2ccccc2C(=O)OCCCCCCCCCC)cc1. The van der Waals surface area contributed by atoms with Gasteiger partial charge in [0.1, 0.15) is 0 Å². The third-order valence-electron chi connectivity index (χ3n) is 8.65. The molecule has 0 radical (unpaired) electrons. The third-order valence-corrected chi connectivity index (χ3v) is 8.65. The van der Waals surface area contributed by atoms with Gasteiger partial charge in [-0.15, -0.1) is 0 Å². The van der Waals surface area contributed by atoms with E-state index < -0.39 is 23.8 Å². The van der Waals surface area contributed by atoms with Gasteiger partial charge in [0.25, 0.3) is 11.8 Å². The van der Waals surface area contributed by atoms with E-state index in [0.717, 1.165) is 38.5 Å². The first-order valence-electron chi connectivity index (χ1n) is 18.7. The molecule has 3 rings (SSSR count). The smallest absolute Gasteiger partial charge is 0.338 e. The molecule has 0 atom stereocenters. The Balaban J connectivity index is 1.47. The van der Waals surface area contributed by atoms with Crippen LogP contribution >= 0.6 is 0 Å². The lowest BCUT2D eigenvalue weighted by atomic mass is 10.1. The van der Waals surface area contributed by atoms with Crippen molar-refractivity contribution >= 4 is 35.1 Å². The van der Waals surface area contributed by atoms with E-state index >= 15 is 0 Å². The fraction of sp³-hybridized carbons (Fsp3) is 0.476. The molecule has 270 valence electrons. The number of carbonyl (C=O) groups excluding carboxylic acids is 4. The van der Waals surface area contributed by atoms with Gasteiger partial charge in [-0.25, -0.2) is 9.59 Å². The molecule has 0 saturated heterocycles. The Morgan fingerprint density at radius 1 is 0.420 bits per heavy atom. The van der Waals surface area contributed by atoms with E-state index in [4.69, 9.17) is 9.47 Å². The molecular weight excluding hydrogens is 628 g/mol. The molecule has 0 aliphatic carbocycles. The second-order valence-corrected chi connectivity index (χ2v) is 12.8. The Bertz CT molecular complexity index is 1360. The average Bonchev–Trinajstić information content (AvgIpc) is 3.14. The first-order valence-corrected chi connectivity index (χ1v) is 18.7. The predicted molar refractivity (Wildman–Crippen MR) is 201 cm³/mol. The van der Waals surface area contributed by atoms with Crippen molar-refractivity contribution in [1.29, 1.82) is 0 Å². The summed E-state index contributed by atoms with van der Waals surface area (Å²) in [7, 11) is 0. The normalized spacial score (nSPS) is 10.8. The maximum absolute atomic E-state index is 13.2. The summed E-state index contributed by atoms with van der Waals surface area (Å²) >= 11 is 0. The fourth-order valence-electron chi connectivity index (χ4n) is 5.71. The van der Waals surface area contributed by atoms with Gasteiger partial charge in [-0.2, -0.15) is 0 Å². The van der Waals surface area contributed by atoms with Crippen molar-refractivity contribution in [3.8, 4) is 0 Å². The van der Waals surface area contributed by atoms with Crippen LogP contribution in [0.5, 0.6) is 0 Å². The van der Waals surface area contributed by atoms with Gasteiger partial charge in [0.05, 0.1) is 35.5 Å². The van der Waals surface area contributed by atoms with Gasteiger partial charge in [0.2, 0.25) is 0 Å². The summed E-state index contributed by atoms with van der Waals surface area (Å²) in [5.74, 6) is -1.93. The van der Waals surface area contributed by atoms with E-state index in [9.17, 15) is 19.2 Å². The molecule has 0 aliphatic rings. The number of benzene rings is 3. The van der Waals surface area contributed by atoms with E-state index in [-0.39, 0.29) is 22.3 Å². The Morgan fingerprint density at radius 2 is 0.720 bits per heavy atom. The van der Waals surface area contributed by atoms with E-state index in [1.54, 1.807) is 72.8 Å². The number of unbranched alkanes of at least 4 members (excludes halogenated alkanes) is 14. The van der Waals surface area contributed by atoms with Crippen LogP contribution in [0.4, 0.5) is 11.4 Å². The van der Waals surface area contributed by atoms with E-state index in [1.165, 1.54) is 64.2 Å². The molecule has 0 fully saturated rings. The quantitative estimate of drug-likeness (QED) is 0.0717. The minimum absolute atomic E-state index is 0.212. The lowest BCUT2D eigenvalue weighted by Gasteiger charge is -2.12. The zero-order valence-electron chi connectivity index (χ0n) is 30.1. The van der Waals surface area contributed by atoms with Crippen molar-refractivity contribution in [3.63, 3.8) is 0 Å². The number of hydrogen-bond acceptors (Lipinski definition) is 6. The third kappa shape index (κ3) is 14.6. The second kappa shape index (κ2) is 23.8. The molecule has 0 unspecified atom stereocenters. The molecule has 3 aromatic rings. The Morgan fingerprint density at radius 3 is 1.06 bits per heavy atom. The summed E-state index contributed by atoms with van der Waals surface area (Å²) in [6.07, 6.45) is 18.4. The second-order valence-electron chi connectivity index (χ2n) is 12.8. The van der Waals surface area contributed by atoms with Crippen LogP contribution in [0.3, 0.4) is 0 Å². The topological polar surface area (TPSA) is 111 Å². The number of nitrogens with one attached hydrogen (secondary N) is 2. The van der Waals surface area contributed by atoms with E-state index in [2.05, 4.69) is 24.5 Å². The van der Waals surface area contributed by atoms with Crippen LogP contribution in [0.25, 0.3) is 0 Å². The van der Waals surface area contributed by atoms with Gasteiger partial charge < -0.3 is 20.1 Å². The van der Waals surface area contributed by atoms with Crippen molar-refractivity contribution in [3.05, 3.63) is 95.1 Å². The van der Waals surface area contributed by atoms with Gasteiger partial charge >= 0.3 is 11.9 Å². The molecule has 0 bridgehead atoms. The minimum Gasteiger partial charge on any atom is -0.462 e. The first-order chi connectivity index (χ1) is 24.4. The van der Waals surface area contributed by atoms with Crippen LogP contribution in [0.15, 0.2) is 72.8 Å². The summed E-state index contributed by atoms with van der Waals surface area (Å²) < 4.78 is 11.0. The molecular formula is C42H56N2O6. The molecule has 0 spiro atoms. The zero-order chi connectivity index (χ0) is 35.8. The van der Waals surface area contributed by atoms with Crippen LogP contribution in [-0.2, 0) is 9.47 Å². The summed E-state index contributed by atoms with van der Waals surface area (Å²) in [6.45, 7) is 5.06. The maximum Gasteiger partial charge on any atom is 0.338 e. The van der Waals surface area contributed by atoms with Crippen molar-refractivity contribution in [2.24, 2.45) is 0 Å². The monoisotopic (exact) mass is 684 g/mol. The van der Waals surface area contributed by atoms with Crippen molar-refractivity contribution in [1.82, 2.24) is 0 Å². The Hall–Kier alpha value is -4.46. The number of carbonyl (C=O) groups is 4.